The Labute approximate surface area is 369 Å². The van der Waals surface area contributed by atoms with Crippen LogP contribution in [0.1, 0.15) is 40.2 Å². The standard InChI is InChI=1S/C53H47N4OSi.Pt/c1-52(2,3)38-29-30-54-50(31-38)57-45-24-15-14-21-43(45)44-27-25-39(32-46(44)57)58-40-26-28-48-47(33-40)56-35-55(34-49(56)53(4,5)59(48,6)7)51-41(36-17-10-8-11-18-36)22-16-23-42(51)37-19-12-9-13-20-37;/h8-31,34-35H,1-7H3;/q-3;. The van der Waals surface area contributed by atoms with Gasteiger partial charge in [0.2, 0.25) is 0 Å². The molecule has 0 spiro atoms. The second kappa shape index (κ2) is 14.8. The van der Waals surface area contributed by atoms with Gasteiger partial charge in [-0.1, -0.05) is 156 Å². The molecule has 7 heteroatoms. The Hall–Kier alpha value is -5.68. The van der Waals surface area contributed by atoms with Gasteiger partial charge in [0.1, 0.15) is 5.82 Å². The van der Waals surface area contributed by atoms with Crippen LogP contribution in [0.25, 0.3) is 49.9 Å². The van der Waals surface area contributed by atoms with Gasteiger partial charge in [-0.2, -0.15) is 12.1 Å². The number of nitrogens with zero attached hydrogens (tertiary/aromatic N) is 4. The van der Waals surface area contributed by atoms with Gasteiger partial charge in [-0.15, -0.1) is 41.5 Å². The first kappa shape index (κ1) is 39.8. The van der Waals surface area contributed by atoms with Crippen LogP contribution in [-0.4, -0.2) is 17.6 Å². The SMILES string of the molecule is CC(C)(C)c1ccnc(-n2c3[c-]c(Oc4[c-]c5c(cc4)[Si](C)(C)C(C)(C)C4=CN(c6c(-c7ccccc7)cccc6-c6ccccc6)[CH-]N45)ccc3c3ccccc32)c1.[Pt]. The van der Waals surface area contributed by atoms with E-state index in [1.807, 2.05) is 12.3 Å². The summed E-state index contributed by atoms with van der Waals surface area (Å²) < 4.78 is 8.96. The number of ether oxygens (including phenoxy) is 1. The zero-order chi connectivity index (χ0) is 40.7. The van der Waals surface area contributed by atoms with Crippen LogP contribution in [0.5, 0.6) is 11.5 Å². The normalized spacial score (nSPS) is 15.3. The number of anilines is 2. The van der Waals surface area contributed by atoms with Crippen molar-refractivity contribution in [2.45, 2.75) is 58.2 Å². The monoisotopic (exact) mass is 978 g/mol. The number of aromatic nitrogens is 2. The van der Waals surface area contributed by atoms with Crippen molar-refractivity contribution in [3.8, 4) is 39.6 Å². The van der Waals surface area contributed by atoms with Crippen molar-refractivity contribution in [1.82, 2.24) is 9.55 Å². The molecule has 6 aromatic carbocycles. The van der Waals surface area contributed by atoms with Crippen LogP contribution < -0.4 is 19.7 Å². The maximum Gasteiger partial charge on any atom is 0.135 e. The van der Waals surface area contributed by atoms with Crippen LogP contribution in [0.15, 0.2) is 158 Å². The first-order valence-corrected chi connectivity index (χ1v) is 23.5. The molecule has 0 radical (unpaired) electrons. The molecule has 8 aromatic rings. The van der Waals surface area contributed by atoms with Crippen LogP contribution in [-0.2, 0) is 26.5 Å². The van der Waals surface area contributed by atoms with Crippen LogP contribution >= 0.6 is 0 Å². The predicted octanol–water partition coefficient (Wildman–Crippen LogP) is 13.2. The number of allylic oxidation sites excluding steroid dienone is 1. The van der Waals surface area contributed by atoms with E-state index >= 15 is 0 Å². The molecule has 0 saturated heterocycles. The fraction of sp³-hybridized carbons (Fsp3) is 0.170. The number of benzene rings is 6. The summed E-state index contributed by atoms with van der Waals surface area (Å²) in [6.45, 7) is 18.8. The fourth-order valence-electron chi connectivity index (χ4n) is 8.87. The maximum absolute atomic E-state index is 6.75. The Morgan fingerprint density at radius 3 is 2.02 bits per heavy atom. The first-order valence-electron chi connectivity index (χ1n) is 20.5. The smallest absolute Gasteiger partial charge is 0.135 e. The molecule has 0 N–H and O–H groups in total. The van der Waals surface area contributed by atoms with Crippen LogP contribution in [0, 0.1) is 18.8 Å². The summed E-state index contributed by atoms with van der Waals surface area (Å²) in [6, 6.07) is 56.8. The number of hydrogen-bond donors (Lipinski definition) is 0. The molecule has 10 rings (SSSR count). The summed E-state index contributed by atoms with van der Waals surface area (Å²) in [5.41, 5.74) is 11.4. The Kier molecular flexibility index (Phi) is 9.80. The molecule has 2 aliphatic heterocycles. The third-order valence-corrected chi connectivity index (χ3v) is 18.0. The molecule has 0 unspecified atom stereocenters. The van der Waals surface area contributed by atoms with E-state index in [-0.39, 0.29) is 31.5 Å². The van der Waals surface area contributed by atoms with Gasteiger partial charge in [0, 0.05) is 74.9 Å². The van der Waals surface area contributed by atoms with E-state index in [4.69, 9.17) is 9.72 Å². The molecule has 5 nitrogen and oxygen atoms in total. The van der Waals surface area contributed by atoms with Gasteiger partial charge in [-0.3, -0.25) is 0 Å². The van der Waals surface area contributed by atoms with Crippen molar-refractivity contribution in [2.24, 2.45) is 0 Å². The molecular formula is C53H47N4OPtSi-3. The van der Waals surface area contributed by atoms with Crippen molar-refractivity contribution in [2.75, 3.05) is 9.80 Å². The third kappa shape index (κ3) is 6.43. The van der Waals surface area contributed by atoms with E-state index in [0.29, 0.717) is 11.5 Å². The average Bonchev–Trinajstić information content (AvgIpc) is 3.84. The summed E-state index contributed by atoms with van der Waals surface area (Å²) in [4.78, 5) is 9.56. The molecule has 302 valence electrons. The van der Waals surface area contributed by atoms with Crippen molar-refractivity contribution >= 4 is 46.4 Å². The van der Waals surface area contributed by atoms with E-state index in [9.17, 15) is 0 Å². The number of fused-ring (bicyclic) bond motifs is 6. The minimum absolute atomic E-state index is 0. The van der Waals surface area contributed by atoms with Gasteiger partial charge < -0.3 is 19.1 Å². The molecule has 0 aliphatic carbocycles. The molecule has 0 amide bonds. The van der Waals surface area contributed by atoms with E-state index in [0.717, 1.165) is 39.0 Å². The number of para-hydroxylation sites is 2. The molecule has 4 heterocycles. The van der Waals surface area contributed by atoms with Crippen molar-refractivity contribution in [3.05, 3.63) is 182 Å². The van der Waals surface area contributed by atoms with Crippen molar-refractivity contribution in [1.29, 1.82) is 0 Å². The summed E-state index contributed by atoms with van der Waals surface area (Å²) in [5, 5.41) is 3.53. The maximum atomic E-state index is 6.75. The average molecular weight is 979 g/mol. The number of pyridine rings is 1. The number of hydrogen-bond acceptors (Lipinski definition) is 4. The second-order valence-electron chi connectivity index (χ2n) is 17.9. The molecule has 0 bridgehead atoms. The second-order valence-corrected chi connectivity index (χ2v) is 22.9. The largest absolute Gasteiger partial charge is 0.509 e. The molecule has 0 atom stereocenters. The zero-order valence-corrected chi connectivity index (χ0v) is 38.3. The minimum atomic E-state index is -2.11. The van der Waals surface area contributed by atoms with Gasteiger partial charge in [0.15, 0.2) is 0 Å². The van der Waals surface area contributed by atoms with Gasteiger partial charge in [0.25, 0.3) is 0 Å². The molecule has 60 heavy (non-hydrogen) atoms. The Bertz CT molecular complexity index is 2890. The molecule has 0 saturated carbocycles. The van der Waals surface area contributed by atoms with Crippen LogP contribution in [0.4, 0.5) is 11.4 Å². The Balaban J connectivity index is 0.00000462. The topological polar surface area (TPSA) is 33.5 Å². The Morgan fingerprint density at radius 2 is 1.33 bits per heavy atom. The quantitative estimate of drug-likeness (QED) is 0.123. The summed E-state index contributed by atoms with van der Waals surface area (Å²) >= 11 is 0. The van der Waals surface area contributed by atoms with Gasteiger partial charge in [-0.05, 0) is 56.9 Å². The van der Waals surface area contributed by atoms with Gasteiger partial charge in [-0.25, -0.2) is 4.98 Å². The molecule has 2 aromatic heterocycles. The Morgan fingerprint density at radius 1 is 0.700 bits per heavy atom. The van der Waals surface area contributed by atoms with Gasteiger partial charge >= 0.3 is 0 Å². The first-order chi connectivity index (χ1) is 28.4. The van der Waals surface area contributed by atoms with E-state index < -0.39 is 8.07 Å². The molecular weight excluding hydrogens is 932 g/mol. The van der Waals surface area contributed by atoms with E-state index in [1.165, 1.54) is 38.7 Å². The van der Waals surface area contributed by atoms with Gasteiger partial charge in [0.05, 0.1) is 0 Å². The van der Waals surface area contributed by atoms with Crippen molar-refractivity contribution < 1.29 is 25.8 Å². The van der Waals surface area contributed by atoms with E-state index in [2.05, 4.69) is 221 Å². The molecule has 0 fully saturated rings. The van der Waals surface area contributed by atoms with Crippen molar-refractivity contribution in [3.63, 3.8) is 0 Å². The third-order valence-electron chi connectivity index (χ3n) is 12.9. The van der Waals surface area contributed by atoms with Crippen LogP contribution in [0.2, 0.25) is 18.1 Å². The number of rotatable bonds is 6. The summed E-state index contributed by atoms with van der Waals surface area (Å²) in [6.07, 6.45) is 4.27. The summed E-state index contributed by atoms with van der Waals surface area (Å²) in [5.74, 6) is 2.15. The van der Waals surface area contributed by atoms with E-state index in [1.54, 1.807) is 0 Å². The summed E-state index contributed by atoms with van der Waals surface area (Å²) in [7, 11) is -2.11. The minimum Gasteiger partial charge on any atom is -0.509 e. The fourth-order valence-corrected chi connectivity index (χ4v) is 11.6. The molecule has 2 aliphatic rings. The van der Waals surface area contributed by atoms with Crippen LogP contribution in [0.3, 0.4) is 0 Å². The zero-order valence-electron chi connectivity index (χ0n) is 35.0. The predicted molar refractivity (Wildman–Crippen MR) is 247 cm³/mol.